The fourth-order valence-corrected chi connectivity index (χ4v) is 2.87. The molecule has 0 aliphatic carbocycles. The van der Waals surface area contributed by atoms with E-state index in [-0.39, 0.29) is 11.2 Å². The number of hydrogen-bond acceptors (Lipinski definition) is 4. The second-order valence-electron chi connectivity index (χ2n) is 4.57. The number of nitrogens with one attached hydrogen (secondary N) is 1. The maximum Gasteiger partial charge on any atom is 0.162 e. The first-order chi connectivity index (χ1) is 9.13. The van der Waals surface area contributed by atoms with Gasteiger partial charge in [0.25, 0.3) is 0 Å². The summed E-state index contributed by atoms with van der Waals surface area (Å²) in [4.78, 5) is 0. The number of nitrogens with zero attached hydrogens (tertiary/aromatic N) is 2. The molecule has 0 aliphatic heterocycles. The molecule has 0 amide bonds. The van der Waals surface area contributed by atoms with Crippen molar-refractivity contribution in [1.82, 2.24) is 4.37 Å². The second-order valence-corrected chi connectivity index (χ2v) is 5.70. The van der Waals surface area contributed by atoms with Gasteiger partial charge in [0.2, 0.25) is 0 Å². The predicted octanol–water partition coefficient (Wildman–Crippen LogP) is 4.48. The summed E-state index contributed by atoms with van der Waals surface area (Å²) in [6.07, 6.45) is 0. The van der Waals surface area contributed by atoms with Gasteiger partial charge in [0.15, 0.2) is 5.15 Å². The van der Waals surface area contributed by atoms with E-state index in [0.29, 0.717) is 11.5 Å². The van der Waals surface area contributed by atoms with Gasteiger partial charge in [-0.2, -0.15) is 9.64 Å². The molecule has 1 aromatic heterocycles. The van der Waals surface area contributed by atoms with Crippen LogP contribution in [-0.2, 0) is 0 Å². The highest BCUT2D eigenvalue weighted by Gasteiger charge is 2.19. The van der Waals surface area contributed by atoms with Gasteiger partial charge in [-0.05, 0) is 23.0 Å². The molecule has 1 unspecified atom stereocenters. The van der Waals surface area contributed by atoms with E-state index in [0.717, 1.165) is 5.00 Å². The molecule has 0 fully saturated rings. The Morgan fingerprint density at radius 1 is 1.32 bits per heavy atom. The molecule has 1 N–H and O–H groups in total. The second kappa shape index (κ2) is 6.05. The lowest BCUT2D eigenvalue weighted by molar-refractivity contribution is 0.547. The van der Waals surface area contributed by atoms with Gasteiger partial charge in [0.1, 0.15) is 16.6 Å². The van der Waals surface area contributed by atoms with E-state index < -0.39 is 0 Å². The molecule has 2 aromatic rings. The third-order valence-corrected chi connectivity index (χ3v) is 4.03. The summed E-state index contributed by atoms with van der Waals surface area (Å²) in [6, 6.07) is 12.4. The highest BCUT2D eigenvalue weighted by atomic mass is 35.5. The van der Waals surface area contributed by atoms with Gasteiger partial charge in [-0.15, -0.1) is 0 Å². The van der Waals surface area contributed by atoms with Crippen LogP contribution in [0.2, 0.25) is 5.15 Å². The molecule has 98 valence electrons. The van der Waals surface area contributed by atoms with E-state index >= 15 is 0 Å². The Morgan fingerprint density at radius 3 is 2.58 bits per heavy atom. The maximum atomic E-state index is 9.10. The van der Waals surface area contributed by atoms with Gasteiger partial charge in [-0.1, -0.05) is 55.8 Å². The summed E-state index contributed by atoms with van der Waals surface area (Å²) >= 11 is 7.12. The van der Waals surface area contributed by atoms with Crippen LogP contribution in [-0.4, -0.2) is 4.37 Å². The minimum Gasteiger partial charge on any atom is -0.367 e. The third kappa shape index (κ3) is 3.06. The maximum absolute atomic E-state index is 9.10. The van der Waals surface area contributed by atoms with Crippen LogP contribution < -0.4 is 5.32 Å². The van der Waals surface area contributed by atoms with Crippen molar-refractivity contribution >= 4 is 28.1 Å². The Hall–Kier alpha value is -1.57. The van der Waals surface area contributed by atoms with E-state index in [1.807, 2.05) is 18.2 Å². The Bertz CT molecular complexity index is 586. The summed E-state index contributed by atoms with van der Waals surface area (Å²) in [5.41, 5.74) is 1.61. The fourth-order valence-electron chi connectivity index (χ4n) is 1.90. The Labute approximate surface area is 122 Å². The normalized spacial score (nSPS) is 12.2. The average Bonchev–Trinajstić information content (AvgIpc) is 2.77. The van der Waals surface area contributed by atoms with Crippen LogP contribution in [0.4, 0.5) is 5.00 Å². The van der Waals surface area contributed by atoms with E-state index in [2.05, 4.69) is 41.7 Å². The number of anilines is 1. The molecule has 2 rings (SSSR count). The number of hydrogen-bond donors (Lipinski definition) is 1. The Balaban J connectivity index is 2.30. The molecule has 1 heterocycles. The van der Waals surface area contributed by atoms with Crippen LogP contribution in [0.1, 0.15) is 31.0 Å². The molecule has 0 spiro atoms. The summed E-state index contributed by atoms with van der Waals surface area (Å²) in [5.74, 6) is 0.384. The number of aromatic nitrogens is 1. The highest BCUT2D eigenvalue weighted by molar-refractivity contribution is 7.10. The summed E-state index contributed by atoms with van der Waals surface area (Å²) < 4.78 is 4.02. The van der Waals surface area contributed by atoms with Gasteiger partial charge in [-0.3, -0.25) is 0 Å². The van der Waals surface area contributed by atoms with Crippen molar-refractivity contribution in [2.45, 2.75) is 19.9 Å². The molecular weight excluding hydrogens is 278 g/mol. The number of benzene rings is 1. The van der Waals surface area contributed by atoms with E-state index in [1.165, 1.54) is 17.1 Å². The van der Waals surface area contributed by atoms with Crippen molar-refractivity contribution in [3.05, 3.63) is 46.6 Å². The third-order valence-electron chi connectivity index (χ3n) is 2.87. The number of halogens is 1. The molecule has 3 nitrogen and oxygen atoms in total. The molecule has 5 heteroatoms. The molecule has 0 bridgehead atoms. The summed E-state index contributed by atoms with van der Waals surface area (Å²) in [5, 5.41) is 13.5. The zero-order chi connectivity index (χ0) is 13.8. The van der Waals surface area contributed by atoms with Crippen molar-refractivity contribution in [3.8, 4) is 6.07 Å². The molecule has 19 heavy (non-hydrogen) atoms. The lowest BCUT2D eigenvalue weighted by atomic mass is 9.96. The average molecular weight is 292 g/mol. The van der Waals surface area contributed by atoms with Crippen molar-refractivity contribution < 1.29 is 0 Å². The molecule has 0 saturated carbocycles. The molecule has 0 aliphatic rings. The SMILES string of the molecule is CC(C)C(Nc1snc(Cl)c1C#N)c1ccccc1. The first-order valence-corrected chi connectivity index (χ1v) is 7.15. The van der Waals surface area contributed by atoms with E-state index in [1.54, 1.807) is 0 Å². The van der Waals surface area contributed by atoms with Crippen LogP contribution >= 0.6 is 23.1 Å². The Kier molecular flexibility index (Phi) is 4.41. The zero-order valence-corrected chi connectivity index (χ0v) is 12.3. The predicted molar refractivity (Wildman–Crippen MR) is 79.5 cm³/mol. The van der Waals surface area contributed by atoms with Gasteiger partial charge < -0.3 is 5.32 Å². The van der Waals surface area contributed by atoms with Crippen LogP contribution in [0.5, 0.6) is 0 Å². The minimum absolute atomic E-state index is 0.129. The first-order valence-electron chi connectivity index (χ1n) is 6.00. The number of nitriles is 1. The fraction of sp³-hybridized carbons (Fsp3) is 0.286. The molecule has 1 aromatic carbocycles. The van der Waals surface area contributed by atoms with Gasteiger partial charge >= 0.3 is 0 Å². The largest absolute Gasteiger partial charge is 0.367 e. The van der Waals surface area contributed by atoms with Gasteiger partial charge in [0.05, 0.1) is 6.04 Å². The van der Waals surface area contributed by atoms with E-state index in [4.69, 9.17) is 16.9 Å². The first kappa shape index (κ1) is 13.9. The van der Waals surface area contributed by atoms with Crippen LogP contribution in [0, 0.1) is 17.2 Å². The van der Waals surface area contributed by atoms with Gasteiger partial charge in [0, 0.05) is 0 Å². The van der Waals surface area contributed by atoms with Crippen LogP contribution in [0.25, 0.3) is 0 Å². The molecule has 1 atom stereocenters. The van der Waals surface area contributed by atoms with Gasteiger partial charge in [-0.25, -0.2) is 0 Å². The van der Waals surface area contributed by atoms with Crippen molar-refractivity contribution in [2.24, 2.45) is 5.92 Å². The molecular formula is C14H14ClN3S. The lowest BCUT2D eigenvalue weighted by Crippen LogP contribution is -2.16. The molecule has 0 saturated heterocycles. The Morgan fingerprint density at radius 2 is 2.00 bits per heavy atom. The zero-order valence-electron chi connectivity index (χ0n) is 10.7. The quantitative estimate of drug-likeness (QED) is 0.903. The standard InChI is InChI=1S/C14H14ClN3S/c1-9(2)12(10-6-4-3-5-7-10)17-14-11(8-16)13(15)18-19-14/h3-7,9,12,17H,1-2H3. The van der Waals surface area contributed by atoms with E-state index in [9.17, 15) is 0 Å². The molecule has 0 radical (unpaired) electrons. The number of rotatable bonds is 4. The monoisotopic (exact) mass is 291 g/mol. The van der Waals surface area contributed by atoms with Crippen LogP contribution in [0.3, 0.4) is 0 Å². The summed E-state index contributed by atoms with van der Waals surface area (Å²) in [7, 11) is 0. The smallest absolute Gasteiger partial charge is 0.162 e. The highest BCUT2D eigenvalue weighted by Crippen LogP contribution is 2.33. The van der Waals surface area contributed by atoms with Crippen LogP contribution in [0.15, 0.2) is 30.3 Å². The summed E-state index contributed by atoms with van der Waals surface area (Å²) in [6.45, 7) is 4.28. The van der Waals surface area contributed by atoms with Crippen molar-refractivity contribution in [2.75, 3.05) is 5.32 Å². The topological polar surface area (TPSA) is 48.7 Å². The minimum atomic E-state index is 0.129. The van der Waals surface area contributed by atoms with Crippen molar-refractivity contribution in [1.29, 1.82) is 5.26 Å². The van der Waals surface area contributed by atoms with Crippen molar-refractivity contribution in [3.63, 3.8) is 0 Å². The lowest BCUT2D eigenvalue weighted by Gasteiger charge is -2.23.